The van der Waals surface area contributed by atoms with Crippen LogP contribution in [0.2, 0.25) is 0 Å². The molecule has 3 unspecified atom stereocenters. The first kappa shape index (κ1) is 15.3. The lowest BCUT2D eigenvalue weighted by Crippen LogP contribution is -2.39. The van der Waals surface area contributed by atoms with Crippen LogP contribution in [0.5, 0.6) is 5.75 Å². The van der Waals surface area contributed by atoms with Crippen LogP contribution in [-0.2, 0) is 0 Å². The van der Waals surface area contributed by atoms with Gasteiger partial charge in [0.05, 0.1) is 7.11 Å². The van der Waals surface area contributed by atoms with Crippen LogP contribution in [0.3, 0.4) is 0 Å². The molecule has 3 heteroatoms. The Balaban J connectivity index is 2.05. The molecule has 2 rings (SSSR count). The van der Waals surface area contributed by atoms with Crippen LogP contribution in [0.15, 0.2) is 18.2 Å². The molecular weight excluding hydrogens is 253 g/mol. The molecule has 0 aromatic heterocycles. The number of rotatable bonds is 5. The van der Waals surface area contributed by atoms with Gasteiger partial charge < -0.3 is 10.1 Å². The highest BCUT2D eigenvalue weighted by Gasteiger charge is 2.25. The van der Waals surface area contributed by atoms with Crippen LogP contribution in [-0.4, -0.2) is 13.2 Å². The third kappa shape index (κ3) is 3.51. The van der Waals surface area contributed by atoms with Crippen molar-refractivity contribution in [2.45, 2.75) is 58.0 Å². The van der Waals surface area contributed by atoms with Crippen LogP contribution < -0.4 is 10.1 Å². The van der Waals surface area contributed by atoms with E-state index in [0.717, 1.165) is 11.5 Å². The normalized spacial score (nSPS) is 24.4. The van der Waals surface area contributed by atoms with Gasteiger partial charge in [0, 0.05) is 12.1 Å². The Morgan fingerprint density at radius 3 is 2.80 bits per heavy atom. The minimum atomic E-state index is -0.299. The van der Waals surface area contributed by atoms with E-state index in [1.165, 1.54) is 45.3 Å². The second-order valence-electron chi connectivity index (χ2n) is 5.84. The molecule has 1 aromatic rings. The minimum Gasteiger partial charge on any atom is -0.494 e. The molecule has 0 bridgehead atoms. The fourth-order valence-corrected chi connectivity index (χ4v) is 3.28. The molecule has 0 saturated heterocycles. The summed E-state index contributed by atoms with van der Waals surface area (Å²) in [5.74, 6) is 0.799. The number of methoxy groups -OCH3 is 1. The van der Waals surface area contributed by atoms with Gasteiger partial charge in [-0.1, -0.05) is 32.3 Å². The molecule has 0 amide bonds. The molecule has 1 aliphatic rings. The van der Waals surface area contributed by atoms with Gasteiger partial charge in [0.15, 0.2) is 11.6 Å². The summed E-state index contributed by atoms with van der Waals surface area (Å²) in [4.78, 5) is 0. The summed E-state index contributed by atoms with van der Waals surface area (Å²) in [5.41, 5.74) is 1.09. The lowest BCUT2D eigenvalue weighted by molar-refractivity contribution is 0.240. The Morgan fingerprint density at radius 1 is 1.35 bits per heavy atom. The zero-order valence-corrected chi connectivity index (χ0v) is 12.8. The highest BCUT2D eigenvalue weighted by molar-refractivity contribution is 5.32. The molecule has 1 N–H and O–H groups in total. The summed E-state index contributed by atoms with van der Waals surface area (Å²) in [6.07, 6.45) is 6.48. The van der Waals surface area contributed by atoms with Crippen molar-refractivity contribution in [2.75, 3.05) is 7.11 Å². The van der Waals surface area contributed by atoms with Crippen LogP contribution >= 0.6 is 0 Å². The highest BCUT2D eigenvalue weighted by Crippen LogP contribution is 2.29. The summed E-state index contributed by atoms with van der Waals surface area (Å²) in [6, 6.07) is 5.95. The lowest BCUT2D eigenvalue weighted by atomic mass is 9.82. The molecule has 112 valence electrons. The van der Waals surface area contributed by atoms with Crippen LogP contribution in [0.4, 0.5) is 4.39 Å². The van der Waals surface area contributed by atoms with Gasteiger partial charge in [-0.25, -0.2) is 4.39 Å². The quantitative estimate of drug-likeness (QED) is 0.859. The number of ether oxygens (including phenoxy) is 1. The number of nitrogens with one attached hydrogen (secondary N) is 1. The molecule has 1 fully saturated rings. The Kier molecular flexibility index (Phi) is 5.41. The highest BCUT2D eigenvalue weighted by atomic mass is 19.1. The third-order valence-corrected chi connectivity index (χ3v) is 4.57. The fourth-order valence-electron chi connectivity index (χ4n) is 3.28. The molecule has 1 aliphatic carbocycles. The molecule has 0 heterocycles. The Labute approximate surface area is 121 Å². The zero-order chi connectivity index (χ0) is 14.5. The second-order valence-corrected chi connectivity index (χ2v) is 5.84. The second kappa shape index (κ2) is 7.07. The zero-order valence-electron chi connectivity index (χ0n) is 12.8. The van der Waals surface area contributed by atoms with Crippen LogP contribution in [0, 0.1) is 11.7 Å². The van der Waals surface area contributed by atoms with Crippen molar-refractivity contribution in [3.05, 3.63) is 29.6 Å². The first-order valence-electron chi connectivity index (χ1n) is 7.75. The predicted octanol–water partition coefficient (Wildman–Crippen LogP) is 4.45. The standard InChI is InChI=1S/C17H26FNO/c1-4-13-7-5-6-8-16(13)19-12(2)14-9-10-15(18)17(11-14)20-3/h9-13,16,19H,4-8H2,1-3H3. The predicted molar refractivity (Wildman–Crippen MR) is 80.5 cm³/mol. The molecular formula is C17H26FNO. The van der Waals surface area contributed by atoms with E-state index in [1.807, 2.05) is 6.07 Å². The maximum atomic E-state index is 13.5. The molecule has 0 aliphatic heterocycles. The molecule has 0 spiro atoms. The van der Waals surface area contributed by atoms with Crippen molar-refractivity contribution in [1.29, 1.82) is 0 Å². The summed E-state index contributed by atoms with van der Waals surface area (Å²) in [6.45, 7) is 4.42. The van der Waals surface area contributed by atoms with Crippen LogP contribution in [0.1, 0.15) is 57.6 Å². The minimum absolute atomic E-state index is 0.224. The van der Waals surface area contributed by atoms with Gasteiger partial charge >= 0.3 is 0 Å². The number of halogens is 1. The lowest BCUT2D eigenvalue weighted by Gasteiger charge is -2.34. The van der Waals surface area contributed by atoms with E-state index in [1.54, 1.807) is 6.07 Å². The first-order valence-corrected chi connectivity index (χ1v) is 7.75. The van der Waals surface area contributed by atoms with Gasteiger partial charge in [-0.15, -0.1) is 0 Å². The van der Waals surface area contributed by atoms with Gasteiger partial charge in [-0.05, 0) is 43.4 Å². The van der Waals surface area contributed by atoms with Gasteiger partial charge in [-0.3, -0.25) is 0 Å². The van der Waals surface area contributed by atoms with E-state index in [4.69, 9.17) is 4.74 Å². The van der Waals surface area contributed by atoms with Gasteiger partial charge in [0.2, 0.25) is 0 Å². The maximum absolute atomic E-state index is 13.5. The average Bonchev–Trinajstić information content (AvgIpc) is 2.48. The fraction of sp³-hybridized carbons (Fsp3) is 0.647. The Morgan fingerprint density at radius 2 is 2.10 bits per heavy atom. The number of hydrogen-bond donors (Lipinski definition) is 1. The summed E-state index contributed by atoms with van der Waals surface area (Å²) < 4.78 is 18.5. The SMILES string of the molecule is CCC1CCCCC1NC(C)c1ccc(F)c(OC)c1. The van der Waals surface area contributed by atoms with E-state index < -0.39 is 0 Å². The van der Waals surface area contributed by atoms with E-state index in [0.29, 0.717) is 11.8 Å². The van der Waals surface area contributed by atoms with Crippen LogP contribution in [0.25, 0.3) is 0 Å². The summed E-state index contributed by atoms with van der Waals surface area (Å²) in [5, 5.41) is 3.73. The maximum Gasteiger partial charge on any atom is 0.165 e. The average molecular weight is 279 g/mol. The first-order chi connectivity index (χ1) is 9.65. The van der Waals surface area contributed by atoms with Crippen molar-refractivity contribution in [2.24, 2.45) is 5.92 Å². The summed E-state index contributed by atoms with van der Waals surface area (Å²) in [7, 11) is 1.51. The Bertz CT molecular complexity index is 435. The van der Waals surface area contributed by atoms with Gasteiger partial charge in [0.1, 0.15) is 0 Å². The number of hydrogen-bond acceptors (Lipinski definition) is 2. The topological polar surface area (TPSA) is 21.3 Å². The molecule has 1 saturated carbocycles. The Hall–Kier alpha value is -1.09. The van der Waals surface area contributed by atoms with Crippen molar-refractivity contribution >= 4 is 0 Å². The third-order valence-electron chi connectivity index (χ3n) is 4.57. The van der Waals surface area contributed by atoms with Gasteiger partial charge in [-0.2, -0.15) is 0 Å². The molecule has 0 radical (unpaired) electrons. The number of benzene rings is 1. The molecule has 2 nitrogen and oxygen atoms in total. The largest absolute Gasteiger partial charge is 0.494 e. The van der Waals surface area contributed by atoms with Crippen molar-refractivity contribution in [3.63, 3.8) is 0 Å². The van der Waals surface area contributed by atoms with Crippen molar-refractivity contribution in [3.8, 4) is 5.75 Å². The van der Waals surface area contributed by atoms with E-state index in [2.05, 4.69) is 19.2 Å². The summed E-state index contributed by atoms with van der Waals surface area (Å²) >= 11 is 0. The molecule has 1 aromatic carbocycles. The molecule has 20 heavy (non-hydrogen) atoms. The smallest absolute Gasteiger partial charge is 0.165 e. The van der Waals surface area contributed by atoms with Gasteiger partial charge in [0.25, 0.3) is 0 Å². The van der Waals surface area contributed by atoms with E-state index in [-0.39, 0.29) is 11.9 Å². The monoisotopic (exact) mass is 279 g/mol. The van der Waals surface area contributed by atoms with E-state index >= 15 is 0 Å². The van der Waals surface area contributed by atoms with Crippen molar-refractivity contribution < 1.29 is 9.13 Å². The molecule has 3 atom stereocenters. The van der Waals surface area contributed by atoms with E-state index in [9.17, 15) is 4.39 Å². The van der Waals surface area contributed by atoms with Crippen molar-refractivity contribution in [1.82, 2.24) is 5.32 Å².